The highest BCUT2D eigenvalue weighted by molar-refractivity contribution is 7.93. The Hall–Kier alpha value is -3.38. The minimum atomic E-state index is -4.43. The van der Waals surface area contributed by atoms with Gasteiger partial charge in [0.2, 0.25) is 0 Å². The highest BCUT2D eigenvalue weighted by Crippen LogP contribution is 2.36. The quantitative estimate of drug-likeness (QED) is 0.189. The normalized spacial score (nSPS) is 14.5. The van der Waals surface area contributed by atoms with Gasteiger partial charge in [-0.3, -0.25) is 0 Å². The number of halogens is 2. The Morgan fingerprint density at radius 3 is 2.52 bits per heavy atom. The molecule has 222 valence electrons. The Kier molecular flexibility index (Phi) is 9.52. The maximum atomic E-state index is 15.8. The van der Waals surface area contributed by atoms with Gasteiger partial charge in [-0.2, -0.15) is 0 Å². The minimum Gasteiger partial charge on any atom is -0.497 e. The molecule has 42 heavy (non-hydrogen) atoms. The Balaban J connectivity index is 1.48. The van der Waals surface area contributed by atoms with Crippen molar-refractivity contribution >= 4 is 43.8 Å². The third-order valence-corrected chi connectivity index (χ3v) is 10.2. The first kappa shape index (κ1) is 30.1. The zero-order chi connectivity index (χ0) is 29.7. The van der Waals surface area contributed by atoms with E-state index < -0.39 is 20.7 Å². The maximum Gasteiger partial charge on any atom is 0.269 e. The predicted octanol–water partition coefficient (Wildman–Crippen LogP) is 6.60. The van der Waals surface area contributed by atoms with Crippen LogP contribution in [-0.4, -0.2) is 52.2 Å². The van der Waals surface area contributed by atoms with Crippen LogP contribution >= 0.6 is 22.9 Å². The van der Waals surface area contributed by atoms with Crippen molar-refractivity contribution in [2.75, 3.05) is 43.5 Å². The van der Waals surface area contributed by atoms with E-state index in [4.69, 9.17) is 21.1 Å². The number of methoxy groups -OCH3 is 2. The zero-order valence-corrected chi connectivity index (χ0v) is 25.7. The average Bonchev–Trinajstić information content (AvgIpc) is 3.72. The Morgan fingerprint density at radius 2 is 1.86 bits per heavy atom. The fraction of sp³-hybridized carbons (Fsp3) is 0.300. The van der Waals surface area contributed by atoms with Crippen LogP contribution in [0.3, 0.4) is 0 Å². The summed E-state index contributed by atoms with van der Waals surface area (Å²) in [5.74, 6) is 0.0611. The van der Waals surface area contributed by atoms with Gasteiger partial charge in [0.25, 0.3) is 10.0 Å². The van der Waals surface area contributed by atoms with Crippen LogP contribution in [0.4, 0.5) is 15.2 Å². The molecular formula is C30H32ClFN4O4S2. The predicted molar refractivity (Wildman–Crippen MR) is 165 cm³/mol. The van der Waals surface area contributed by atoms with E-state index in [1.165, 1.54) is 26.5 Å². The van der Waals surface area contributed by atoms with Crippen molar-refractivity contribution in [2.45, 2.75) is 30.3 Å². The summed E-state index contributed by atoms with van der Waals surface area (Å²) in [5.41, 5.74) is 1.90. The highest BCUT2D eigenvalue weighted by Gasteiger charge is 2.32. The molecule has 12 heteroatoms. The summed E-state index contributed by atoms with van der Waals surface area (Å²) < 4.78 is 55.6. The van der Waals surface area contributed by atoms with Crippen LogP contribution in [0.15, 0.2) is 77.1 Å². The molecule has 1 fully saturated rings. The molecule has 0 amide bonds. The SMILES string of the molecule is COc1ccc(CN(c2nccs2)S(=O)(=O)c2cc(Cl)c(N[C@H](CN3CCCC3)c3ccccc3)cc2F)c(OC)c1. The van der Waals surface area contributed by atoms with Crippen molar-refractivity contribution in [3.05, 3.63) is 94.2 Å². The van der Waals surface area contributed by atoms with Crippen LogP contribution in [0.2, 0.25) is 5.02 Å². The molecule has 3 aromatic carbocycles. The number of anilines is 2. The minimum absolute atomic E-state index is 0.0958. The fourth-order valence-corrected chi connectivity index (χ4v) is 7.64. The summed E-state index contributed by atoms with van der Waals surface area (Å²) in [5, 5.41) is 5.30. The molecule has 1 aliphatic heterocycles. The lowest BCUT2D eigenvalue weighted by atomic mass is 10.1. The Labute approximate surface area is 254 Å². The zero-order valence-electron chi connectivity index (χ0n) is 23.3. The number of rotatable bonds is 12. The molecule has 0 radical (unpaired) electrons. The van der Waals surface area contributed by atoms with E-state index in [-0.39, 0.29) is 22.7 Å². The van der Waals surface area contributed by atoms with E-state index in [1.54, 1.807) is 23.6 Å². The molecule has 1 aliphatic rings. The summed E-state index contributed by atoms with van der Waals surface area (Å²) in [6, 6.07) is 17.1. The van der Waals surface area contributed by atoms with Gasteiger partial charge in [-0.05, 0) is 55.8 Å². The van der Waals surface area contributed by atoms with Gasteiger partial charge in [0.1, 0.15) is 22.2 Å². The van der Waals surface area contributed by atoms with Gasteiger partial charge in [-0.15, -0.1) is 11.3 Å². The van der Waals surface area contributed by atoms with E-state index in [0.717, 1.165) is 53.2 Å². The summed E-state index contributed by atoms with van der Waals surface area (Å²) >= 11 is 7.78. The van der Waals surface area contributed by atoms with E-state index >= 15 is 4.39 Å². The maximum absolute atomic E-state index is 15.8. The summed E-state index contributed by atoms with van der Waals surface area (Å²) in [6.07, 6.45) is 3.77. The third kappa shape index (κ3) is 6.64. The van der Waals surface area contributed by atoms with Gasteiger partial charge >= 0.3 is 0 Å². The molecule has 8 nitrogen and oxygen atoms in total. The first-order valence-electron chi connectivity index (χ1n) is 13.5. The number of aromatic nitrogens is 1. The van der Waals surface area contributed by atoms with Crippen LogP contribution < -0.4 is 19.1 Å². The molecule has 1 atom stereocenters. The standard InChI is InChI=1S/C30H32ClFN4O4S2/c1-39-23-11-10-22(28(16-23)40-2)19-36(30-33-12-15-41-30)42(37,38)29-17-24(31)26(18-25(29)32)34-27(20-35-13-6-7-14-35)21-8-4-3-5-9-21/h3-5,8-12,15-18,27,34H,6-7,13-14,19-20H2,1-2H3/t27-/m1/s1. The number of hydrogen-bond donors (Lipinski definition) is 1. The number of thiazole rings is 1. The van der Waals surface area contributed by atoms with E-state index in [2.05, 4.69) is 15.2 Å². The van der Waals surface area contributed by atoms with Gasteiger partial charge in [0.05, 0.1) is 37.5 Å². The van der Waals surface area contributed by atoms with Crippen LogP contribution in [0.25, 0.3) is 0 Å². The van der Waals surface area contributed by atoms with Gasteiger partial charge in [-0.1, -0.05) is 41.9 Å². The molecule has 0 bridgehead atoms. The fourth-order valence-electron chi connectivity index (χ4n) is 5.02. The van der Waals surface area contributed by atoms with Crippen molar-refractivity contribution in [2.24, 2.45) is 0 Å². The molecule has 0 saturated carbocycles. The van der Waals surface area contributed by atoms with Gasteiger partial charge < -0.3 is 19.7 Å². The molecule has 4 aromatic rings. The monoisotopic (exact) mass is 630 g/mol. The Morgan fingerprint density at radius 1 is 1.10 bits per heavy atom. The second-order valence-corrected chi connectivity index (χ2v) is 13.0. The Bertz CT molecular complexity index is 1600. The number of nitrogens with zero attached hydrogens (tertiary/aromatic N) is 3. The number of sulfonamides is 1. The van der Waals surface area contributed by atoms with Crippen LogP contribution in [-0.2, 0) is 16.6 Å². The molecule has 0 unspecified atom stereocenters. The lowest BCUT2D eigenvalue weighted by Gasteiger charge is -2.27. The molecule has 1 aromatic heterocycles. The number of likely N-dealkylation sites (tertiary alicyclic amines) is 1. The molecule has 5 rings (SSSR count). The summed E-state index contributed by atoms with van der Waals surface area (Å²) in [6.45, 7) is 2.56. The van der Waals surface area contributed by atoms with Gasteiger partial charge in [0, 0.05) is 29.8 Å². The average molecular weight is 631 g/mol. The smallest absolute Gasteiger partial charge is 0.269 e. The summed E-state index contributed by atoms with van der Waals surface area (Å²) in [4.78, 5) is 6.02. The molecular weight excluding hydrogens is 599 g/mol. The number of nitrogens with one attached hydrogen (secondary N) is 1. The van der Waals surface area contributed by atoms with Gasteiger partial charge in [-0.25, -0.2) is 22.1 Å². The van der Waals surface area contributed by atoms with Crippen molar-refractivity contribution in [1.82, 2.24) is 9.88 Å². The largest absolute Gasteiger partial charge is 0.497 e. The third-order valence-electron chi connectivity index (χ3n) is 7.20. The first-order chi connectivity index (χ1) is 20.3. The van der Waals surface area contributed by atoms with Crippen LogP contribution in [0.5, 0.6) is 11.5 Å². The lowest BCUT2D eigenvalue weighted by molar-refractivity contribution is 0.323. The van der Waals surface area contributed by atoms with Crippen molar-refractivity contribution < 1.29 is 22.3 Å². The second-order valence-electron chi connectivity index (χ2n) is 9.88. The second kappa shape index (κ2) is 13.3. The first-order valence-corrected chi connectivity index (χ1v) is 16.2. The molecule has 0 spiro atoms. The molecule has 1 N–H and O–H groups in total. The van der Waals surface area contributed by atoms with Crippen LogP contribution in [0.1, 0.15) is 30.0 Å². The molecule has 2 heterocycles. The van der Waals surface area contributed by atoms with E-state index in [9.17, 15) is 8.42 Å². The van der Waals surface area contributed by atoms with Crippen LogP contribution in [0, 0.1) is 5.82 Å². The number of benzene rings is 3. The lowest BCUT2D eigenvalue weighted by Crippen LogP contribution is -2.31. The van der Waals surface area contributed by atoms with E-state index in [0.29, 0.717) is 29.3 Å². The van der Waals surface area contributed by atoms with Crippen molar-refractivity contribution in [3.8, 4) is 11.5 Å². The molecule has 0 aliphatic carbocycles. The molecule has 1 saturated heterocycles. The number of hydrogen-bond acceptors (Lipinski definition) is 8. The summed E-state index contributed by atoms with van der Waals surface area (Å²) in [7, 11) is -1.42. The van der Waals surface area contributed by atoms with Crippen molar-refractivity contribution in [3.63, 3.8) is 0 Å². The topological polar surface area (TPSA) is 84.0 Å². The van der Waals surface area contributed by atoms with E-state index in [1.807, 2.05) is 30.3 Å². The van der Waals surface area contributed by atoms with Gasteiger partial charge in [0.15, 0.2) is 5.13 Å². The number of ether oxygens (including phenoxy) is 2. The van der Waals surface area contributed by atoms with Crippen molar-refractivity contribution in [1.29, 1.82) is 0 Å². The highest BCUT2D eigenvalue weighted by atomic mass is 35.5.